The second-order valence-corrected chi connectivity index (χ2v) is 4.09. The average molecular weight is 208 g/mol. The number of allylic oxidation sites excluding steroid dienone is 2. The van der Waals surface area contributed by atoms with Crippen LogP contribution in [0.4, 0.5) is 0 Å². The average Bonchev–Trinajstić information content (AvgIpc) is 2.51. The summed E-state index contributed by atoms with van der Waals surface area (Å²) in [6.45, 7) is 1.17. The summed E-state index contributed by atoms with van der Waals surface area (Å²) in [5, 5.41) is 2.96. The van der Waals surface area contributed by atoms with Gasteiger partial charge in [-0.25, -0.2) is 0 Å². The van der Waals surface area contributed by atoms with Gasteiger partial charge in [0.15, 0.2) is 0 Å². The molecule has 2 rings (SSSR count). The van der Waals surface area contributed by atoms with Crippen LogP contribution in [0.15, 0.2) is 12.2 Å². The molecule has 4 heteroatoms. The minimum atomic E-state index is -0.0839. The highest BCUT2D eigenvalue weighted by molar-refractivity contribution is 6.05. The van der Waals surface area contributed by atoms with E-state index < -0.39 is 0 Å². The normalized spacial score (nSPS) is 29.8. The van der Waals surface area contributed by atoms with Crippen LogP contribution in [-0.2, 0) is 9.59 Å². The minimum absolute atomic E-state index is 0.0181. The van der Waals surface area contributed by atoms with Gasteiger partial charge >= 0.3 is 0 Å². The topological polar surface area (TPSA) is 49.4 Å². The Hall–Kier alpha value is -1.16. The van der Waals surface area contributed by atoms with Crippen LogP contribution in [0.3, 0.4) is 0 Å². The number of likely N-dealkylation sites (tertiary alicyclic amines) is 1. The van der Waals surface area contributed by atoms with Crippen LogP contribution in [0.25, 0.3) is 0 Å². The van der Waals surface area contributed by atoms with E-state index in [1.54, 1.807) is 0 Å². The van der Waals surface area contributed by atoms with Gasteiger partial charge in [-0.1, -0.05) is 12.2 Å². The molecule has 0 radical (unpaired) electrons. The lowest BCUT2D eigenvalue weighted by molar-refractivity contribution is -0.139. The molecule has 2 atom stereocenters. The molecule has 0 spiro atoms. The summed E-state index contributed by atoms with van der Waals surface area (Å²) in [7, 11) is 1.82. The number of hydrogen-bond acceptors (Lipinski definition) is 3. The van der Waals surface area contributed by atoms with Gasteiger partial charge in [-0.05, 0) is 19.9 Å². The lowest BCUT2D eigenvalue weighted by Crippen LogP contribution is -2.36. The lowest BCUT2D eigenvalue weighted by Gasteiger charge is -2.14. The van der Waals surface area contributed by atoms with Crippen molar-refractivity contribution in [3.63, 3.8) is 0 Å². The Bertz CT molecular complexity index is 286. The van der Waals surface area contributed by atoms with E-state index in [0.29, 0.717) is 13.1 Å². The summed E-state index contributed by atoms with van der Waals surface area (Å²) in [5.41, 5.74) is 0. The third-order valence-corrected chi connectivity index (χ3v) is 3.18. The first-order valence-corrected chi connectivity index (χ1v) is 5.40. The first-order chi connectivity index (χ1) is 7.25. The molecule has 2 aliphatic rings. The highest BCUT2D eigenvalue weighted by Crippen LogP contribution is 2.34. The molecule has 82 valence electrons. The summed E-state index contributed by atoms with van der Waals surface area (Å²) in [6, 6.07) is 0. The lowest BCUT2D eigenvalue weighted by atomic mass is 9.85. The number of hydrogen-bond donors (Lipinski definition) is 1. The maximum atomic E-state index is 11.9. The summed E-state index contributed by atoms with van der Waals surface area (Å²) >= 11 is 0. The Kier molecular flexibility index (Phi) is 2.86. The van der Waals surface area contributed by atoms with Crippen LogP contribution in [-0.4, -0.2) is 36.9 Å². The van der Waals surface area contributed by atoms with E-state index in [9.17, 15) is 9.59 Å². The van der Waals surface area contributed by atoms with Crippen molar-refractivity contribution in [1.29, 1.82) is 0 Å². The maximum Gasteiger partial charge on any atom is 0.233 e. The van der Waals surface area contributed by atoms with E-state index in [0.717, 1.165) is 12.8 Å². The number of nitrogens with zero attached hydrogens (tertiary/aromatic N) is 1. The highest BCUT2D eigenvalue weighted by atomic mass is 16.2. The van der Waals surface area contributed by atoms with Gasteiger partial charge in [0.2, 0.25) is 11.8 Å². The second-order valence-electron chi connectivity index (χ2n) is 4.09. The number of rotatable bonds is 3. The fraction of sp³-hybridized carbons (Fsp3) is 0.636. The van der Waals surface area contributed by atoms with E-state index in [1.165, 1.54) is 4.90 Å². The van der Waals surface area contributed by atoms with Gasteiger partial charge < -0.3 is 5.32 Å². The molecule has 1 saturated heterocycles. The number of carbonyl (C=O) groups excluding carboxylic acids is 2. The Morgan fingerprint density at radius 1 is 1.27 bits per heavy atom. The van der Waals surface area contributed by atoms with E-state index >= 15 is 0 Å². The number of imide groups is 1. The first-order valence-electron chi connectivity index (χ1n) is 5.40. The first kappa shape index (κ1) is 10.4. The van der Waals surface area contributed by atoms with Gasteiger partial charge in [0.1, 0.15) is 0 Å². The van der Waals surface area contributed by atoms with Gasteiger partial charge in [0.05, 0.1) is 11.8 Å². The van der Waals surface area contributed by atoms with Gasteiger partial charge in [-0.2, -0.15) is 0 Å². The van der Waals surface area contributed by atoms with E-state index in [4.69, 9.17) is 0 Å². The molecule has 0 unspecified atom stereocenters. The third-order valence-electron chi connectivity index (χ3n) is 3.18. The van der Waals surface area contributed by atoms with Crippen LogP contribution in [0.2, 0.25) is 0 Å². The van der Waals surface area contributed by atoms with Crippen molar-refractivity contribution < 1.29 is 9.59 Å². The van der Waals surface area contributed by atoms with Crippen LogP contribution >= 0.6 is 0 Å². The Balaban J connectivity index is 2.10. The molecule has 0 aromatic rings. The van der Waals surface area contributed by atoms with Crippen LogP contribution in [0, 0.1) is 11.8 Å². The zero-order valence-electron chi connectivity index (χ0n) is 8.90. The molecule has 1 fully saturated rings. The SMILES string of the molecule is CNCCN1C(=O)[C@@H]2CC=CC[C@H]2C1=O. The quantitative estimate of drug-likeness (QED) is 0.531. The highest BCUT2D eigenvalue weighted by Gasteiger charge is 2.46. The Morgan fingerprint density at radius 2 is 1.80 bits per heavy atom. The molecular weight excluding hydrogens is 192 g/mol. The van der Waals surface area contributed by atoms with Gasteiger partial charge in [0.25, 0.3) is 0 Å². The molecule has 1 aliphatic heterocycles. The fourth-order valence-electron chi connectivity index (χ4n) is 2.31. The fourth-order valence-corrected chi connectivity index (χ4v) is 2.31. The third kappa shape index (κ3) is 1.69. The van der Waals surface area contributed by atoms with Crippen LogP contribution in [0.1, 0.15) is 12.8 Å². The smallest absolute Gasteiger partial charge is 0.233 e. The monoisotopic (exact) mass is 208 g/mol. The van der Waals surface area contributed by atoms with E-state index in [1.807, 2.05) is 19.2 Å². The summed E-state index contributed by atoms with van der Waals surface area (Å²) in [4.78, 5) is 25.2. The predicted molar refractivity (Wildman–Crippen MR) is 56.0 cm³/mol. The van der Waals surface area contributed by atoms with Crippen molar-refractivity contribution >= 4 is 11.8 Å². The van der Waals surface area contributed by atoms with Gasteiger partial charge in [-0.3, -0.25) is 14.5 Å². The van der Waals surface area contributed by atoms with E-state index in [2.05, 4.69) is 5.32 Å². The van der Waals surface area contributed by atoms with Crippen molar-refractivity contribution in [2.45, 2.75) is 12.8 Å². The second kappa shape index (κ2) is 4.14. The molecule has 15 heavy (non-hydrogen) atoms. The van der Waals surface area contributed by atoms with Crippen molar-refractivity contribution in [1.82, 2.24) is 10.2 Å². The van der Waals surface area contributed by atoms with E-state index in [-0.39, 0.29) is 23.7 Å². The Morgan fingerprint density at radius 3 is 2.27 bits per heavy atom. The number of nitrogens with one attached hydrogen (secondary N) is 1. The summed E-state index contributed by atoms with van der Waals surface area (Å²) in [5.74, 6) is -0.132. The van der Waals surface area contributed by atoms with Crippen molar-refractivity contribution in [3.8, 4) is 0 Å². The molecule has 2 amide bonds. The maximum absolute atomic E-state index is 11.9. The number of likely N-dealkylation sites (N-methyl/N-ethyl adjacent to an activating group) is 1. The van der Waals surface area contributed by atoms with Crippen LogP contribution in [0.5, 0.6) is 0 Å². The largest absolute Gasteiger partial charge is 0.318 e. The van der Waals surface area contributed by atoms with Crippen molar-refractivity contribution in [2.75, 3.05) is 20.1 Å². The molecule has 4 nitrogen and oxygen atoms in total. The minimum Gasteiger partial charge on any atom is -0.318 e. The number of carbonyl (C=O) groups is 2. The zero-order valence-corrected chi connectivity index (χ0v) is 8.90. The standard InChI is InChI=1S/C11H16N2O2/c1-12-6-7-13-10(14)8-4-2-3-5-9(8)11(13)15/h2-3,8-9,12H,4-7H2,1H3/t8-,9-/m1/s1. The van der Waals surface area contributed by atoms with Crippen molar-refractivity contribution in [2.24, 2.45) is 11.8 Å². The molecule has 0 aromatic heterocycles. The molecule has 0 bridgehead atoms. The Labute approximate surface area is 89.3 Å². The molecule has 0 saturated carbocycles. The van der Waals surface area contributed by atoms with Crippen LogP contribution < -0.4 is 5.32 Å². The number of fused-ring (bicyclic) bond motifs is 1. The summed E-state index contributed by atoms with van der Waals surface area (Å²) in [6.07, 6.45) is 5.47. The molecular formula is C11H16N2O2. The molecule has 0 aromatic carbocycles. The summed E-state index contributed by atoms with van der Waals surface area (Å²) < 4.78 is 0. The van der Waals surface area contributed by atoms with Gasteiger partial charge in [0, 0.05) is 13.1 Å². The molecule has 1 heterocycles. The molecule has 1 N–H and O–H groups in total. The number of amides is 2. The zero-order chi connectivity index (χ0) is 10.8. The predicted octanol–water partition coefficient (Wildman–Crippen LogP) is 0.157. The van der Waals surface area contributed by atoms with Gasteiger partial charge in [-0.15, -0.1) is 0 Å². The molecule has 1 aliphatic carbocycles. The van der Waals surface area contributed by atoms with Crippen molar-refractivity contribution in [3.05, 3.63) is 12.2 Å².